The maximum absolute atomic E-state index is 13.4. The number of carbonyl (C=O) groups is 1. The Labute approximate surface area is 165 Å². The lowest BCUT2D eigenvalue weighted by molar-refractivity contribution is -0.143. The maximum Gasteiger partial charge on any atom is 0.417 e. The molecule has 0 aliphatic carbocycles. The van der Waals surface area contributed by atoms with Gasteiger partial charge in [0.2, 0.25) is 0 Å². The molecule has 0 bridgehead atoms. The molecule has 1 heterocycles. The Morgan fingerprint density at radius 3 is 2.64 bits per heavy atom. The van der Waals surface area contributed by atoms with Crippen molar-refractivity contribution in [3.63, 3.8) is 0 Å². The van der Waals surface area contributed by atoms with E-state index < -0.39 is 34.8 Å². The van der Waals surface area contributed by atoms with Crippen LogP contribution in [0.5, 0.6) is 5.75 Å². The quantitative estimate of drug-likeness (QED) is 0.749. The first-order chi connectivity index (χ1) is 13.2. The molecule has 3 rings (SSSR count). The summed E-state index contributed by atoms with van der Waals surface area (Å²) in [7, 11) is 1.47. The van der Waals surface area contributed by atoms with Gasteiger partial charge in [0.05, 0.1) is 23.7 Å². The predicted molar refractivity (Wildman–Crippen MR) is 98.7 cm³/mol. The molecule has 0 spiro atoms. The summed E-state index contributed by atoms with van der Waals surface area (Å²) < 4.78 is 45.6. The summed E-state index contributed by atoms with van der Waals surface area (Å²) in [4.78, 5) is 13.5. The van der Waals surface area contributed by atoms with Gasteiger partial charge in [0.25, 0.3) is 0 Å². The average molecular weight is 414 g/mol. The van der Waals surface area contributed by atoms with Crippen LogP contribution >= 0.6 is 11.6 Å². The lowest BCUT2D eigenvalue weighted by Crippen LogP contribution is -2.39. The summed E-state index contributed by atoms with van der Waals surface area (Å²) >= 11 is 5.78. The molecule has 2 unspecified atom stereocenters. The summed E-state index contributed by atoms with van der Waals surface area (Å²) in [6.45, 7) is 0.448. The Kier molecular flexibility index (Phi) is 5.86. The van der Waals surface area contributed by atoms with E-state index in [1.807, 2.05) is 0 Å². The Morgan fingerprint density at radius 1 is 1.29 bits per heavy atom. The zero-order valence-corrected chi connectivity index (χ0v) is 15.8. The van der Waals surface area contributed by atoms with Crippen molar-refractivity contribution in [2.24, 2.45) is 0 Å². The molecule has 150 valence electrons. The fourth-order valence-corrected chi connectivity index (χ4v) is 3.96. The molecule has 0 aromatic heterocycles. The van der Waals surface area contributed by atoms with Gasteiger partial charge < -0.3 is 9.84 Å². The standard InChI is InChI=1S/C20H19ClF3NO3/c1-28-17-7-3-2-5-13(17)18(25-10-4-6-16(25)19(26)27)12-8-9-15(21)14(11-12)20(22,23)24/h2-3,5,7-9,11,16,18H,4,6,10H2,1H3,(H,26,27). The van der Waals surface area contributed by atoms with Crippen molar-refractivity contribution in [2.75, 3.05) is 13.7 Å². The Bertz CT molecular complexity index is 872. The highest BCUT2D eigenvalue weighted by Gasteiger charge is 2.39. The number of halogens is 4. The van der Waals surface area contributed by atoms with E-state index in [1.54, 1.807) is 29.2 Å². The molecule has 2 aromatic rings. The largest absolute Gasteiger partial charge is 0.496 e. The highest BCUT2D eigenvalue weighted by atomic mass is 35.5. The minimum atomic E-state index is -4.62. The van der Waals surface area contributed by atoms with Gasteiger partial charge in [-0.25, -0.2) is 0 Å². The van der Waals surface area contributed by atoms with Crippen LogP contribution in [0.15, 0.2) is 42.5 Å². The van der Waals surface area contributed by atoms with Crippen molar-refractivity contribution in [3.05, 3.63) is 64.2 Å². The fourth-order valence-electron chi connectivity index (χ4n) is 3.74. The number of nitrogens with zero attached hydrogens (tertiary/aromatic N) is 1. The van der Waals surface area contributed by atoms with E-state index >= 15 is 0 Å². The Morgan fingerprint density at radius 2 is 2.00 bits per heavy atom. The molecule has 1 aliphatic rings. The van der Waals surface area contributed by atoms with Crippen LogP contribution in [0.2, 0.25) is 5.02 Å². The van der Waals surface area contributed by atoms with Gasteiger partial charge in [0, 0.05) is 12.1 Å². The SMILES string of the molecule is COc1ccccc1C(c1ccc(Cl)c(C(F)(F)F)c1)N1CCCC1C(=O)O. The molecular weight excluding hydrogens is 395 g/mol. The van der Waals surface area contributed by atoms with Crippen molar-refractivity contribution >= 4 is 17.6 Å². The molecule has 2 aromatic carbocycles. The van der Waals surface area contributed by atoms with Crippen LogP contribution in [0.1, 0.15) is 35.6 Å². The number of carboxylic acids is 1. The molecule has 0 saturated carbocycles. The van der Waals surface area contributed by atoms with Gasteiger partial charge in [-0.2, -0.15) is 13.2 Å². The van der Waals surface area contributed by atoms with E-state index in [-0.39, 0.29) is 0 Å². The van der Waals surface area contributed by atoms with Gasteiger partial charge in [-0.1, -0.05) is 35.9 Å². The summed E-state index contributed by atoms with van der Waals surface area (Å²) in [5.74, 6) is -0.519. The molecule has 0 radical (unpaired) electrons. The Hall–Kier alpha value is -2.25. The number of aliphatic carboxylic acids is 1. The number of alkyl halides is 3. The fraction of sp³-hybridized carbons (Fsp3) is 0.350. The minimum Gasteiger partial charge on any atom is -0.496 e. The number of para-hydroxylation sites is 1. The van der Waals surface area contributed by atoms with Crippen molar-refractivity contribution in [1.29, 1.82) is 0 Å². The van der Waals surface area contributed by atoms with Crippen molar-refractivity contribution in [3.8, 4) is 5.75 Å². The van der Waals surface area contributed by atoms with E-state index in [9.17, 15) is 23.1 Å². The van der Waals surface area contributed by atoms with E-state index in [0.717, 1.165) is 6.07 Å². The maximum atomic E-state index is 13.4. The number of hydrogen-bond acceptors (Lipinski definition) is 3. The zero-order valence-electron chi connectivity index (χ0n) is 15.0. The van der Waals surface area contributed by atoms with Crippen molar-refractivity contribution < 1.29 is 27.8 Å². The second-order valence-corrected chi connectivity index (χ2v) is 7.02. The highest BCUT2D eigenvalue weighted by molar-refractivity contribution is 6.31. The number of likely N-dealkylation sites (tertiary alicyclic amines) is 1. The molecular formula is C20H19ClF3NO3. The molecule has 0 amide bonds. The lowest BCUT2D eigenvalue weighted by atomic mass is 9.94. The molecule has 4 nitrogen and oxygen atoms in total. The number of carboxylic acid groups (broad SMARTS) is 1. The van der Waals surface area contributed by atoms with Gasteiger partial charge in [0.15, 0.2) is 0 Å². The van der Waals surface area contributed by atoms with E-state index in [1.165, 1.54) is 19.2 Å². The van der Waals surface area contributed by atoms with Gasteiger partial charge in [-0.15, -0.1) is 0 Å². The van der Waals surface area contributed by atoms with Gasteiger partial charge in [-0.05, 0) is 36.6 Å². The van der Waals surface area contributed by atoms with Gasteiger partial charge >= 0.3 is 12.1 Å². The molecule has 28 heavy (non-hydrogen) atoms. The first-order valence-corrected chi connectivity index (χ1v) is 9.10. The normalized spacial score (nSPS) is 18.8. The van der Waals surface area contributed by atoms with E-state index in [2.05, 4.69) is 0 Å². The predicted octanol–water partition coefficient (Wildman–Crippen LogP) is 5.01. The molecule has 1 N–H and O–H groups in total. The van der Waals surface area contributed by atoms with Gasteiger partial charge in [0.1, 0.15) is 11.8 Å². The van der Waals surface area contributed by atoms with Crippen LogP contribution in [-0.4, -0.2) is 35.7 Å². The third kappa shape index (κ3) is 3.95. The topological polar surface area (TPSA) is 49.8 Å². The third-order valence-electron chi connectivity index (χ3n) is 4.96. The monoisotopic (exact) mass is 413 g/mol. The van der Waals surface area contributed by atoms with Crippen LogP contribution in [0.3, 0.4) is 0 Å². The first-order valence-electron chi connectivity index (χ1n) is 8.72. The number of hydrogen-bond donors (Lipinski definition) is 1. The Balaban J connectivity index is 2.19. The van der Waals surface area contributed by atoms with Crippen molar-refractivity contribution in [2.45, 2.75) is 31.1 Å². The molecule has 1 fully saturated rings. The van der Waals surface area contributed by atoms with E-state index in [4.69, 9.17) is 16.3 Å². The van der Waals surface area contributed by atoms with Crippen LogP contribution in [0.4, 0.5) is 13.2 Å². The molecule has 1 aliphatic heterocycles. The zero-order chi connectivity index (χ0) is 20.5. The molecule has 8 heteroatoms. The number of methoxy groups -OCH3 is 1. The van der Waals surface area contributed by atoms with Crippen LogP contribution in [0, 0.1) is 0 Å². The number of benzene rings is 2. The smallest absolute Gasteiger partial charge is 0.417 e. The molecule has 1 saturated heterocycles. The second-order valence-electron chi connectivity index (χ2n) is 6.62. The van der Waals surface area contributed by atoms with Crippen LogP contribution in [-0.2, 0) is 11.0 Å². The average Bonchev–Trinajstić information content (AvgIpc) is 3.12. The first kappa shape index (κ1) is 20.5. The number of rotatable bonds is 5. The number of ether oxygens (including phenoxy) is 1. The summed E-state index contributed by atoms with van der Waals surface area (Å²) in [5.41, 5.74) is -0.0272. The highest BCUT2D eigenvalue weighted by Crippen LogP contribution is 2.42. The third-order valence-corrected chi connectivity index (χ3v) is 5.29. The molecule has 2 atom stereocenters. The van der Waals surface area contributed by atoms with Crippen LogP contribution in [0.25, 0.3) is 0 Å². The van der Waals surface area contributed by atoms with Crippen molar-refractivity contribution in [1.82, 2.24) is 4.90 Å². The summed E-state index contributed by atoms with van der Waals surface area (Å²) in [5, 5.41) is 9.21. The minimum absolute atomic E-state index is 0.314. The van der Waals surface area contributed by atoms with E-state index in [0.29, 0.717) is 36.3 Å². The lowest BCUT2D eigenvalue weighted by Gasteiger charge is -2.33. The van der Waals surface area contributed by atoms with Crippen LogP contribution < -0.4 is 4.74 Å². The summed E-state index contributed by atoms with van der Waals surface area (Å²) in [6, 6.07) is 9.14. The second kappa shape index (κ2) is 8.01. The summed E-state index contributed by atoms with van der Waals surface area (Å²) in [6.07, 6.45) is -3.54. The van der Waals surface area contributed by atoms with Gasteiger partial charge in [-0.3, -0.25) is 9.69 Å².